The standard InChI is InChI=1S/C24H27FN6O2/c1-15-19(8-6-16(11-26)22(15)25)20-13-28-31(24(20)33)21-9-7-17(12-27-21)23(32)30-10-4-5-18(14-30)29(2)3/h6-9,12-13,18,21,27-28H,4-5,10,14H2,1-3H3. The lowest BCUT2D eigenvalue weighted by molar-refractivity contribution is -0.128. The summed E-state index contributed by atoms with van der Waals surface area (Å²) < 4.78 is 15.7. The van der Waals surface area contributed by atoms with Gasteiger partial charge in [0.2, 0.25) is 0 Å². The Hall–Kier alpha value is -3.64. The van der Waals surface area contributed by atoms with E-state index in [-0.39, 0.29) is 22.6 Å². The average molecular weight is 451 g/mol. The summed E-state index contributed by atoms with van der Waals surface area (Å²) in [4.78, 5) is 30.0. The summed E-state index contributed by atoms with van der Waals surface area (Å²) in [5.41, 5.74) is 1.12. The Morgan fingerprint density at radius 3 is 2.76 bits per heavy atom. The van der Waals surface area contributed by atoms with Gasteiger partial charge in [-0.05, 0) is 63.2 Å². The number of piperidine rings is 1. The first kappa shape index (κ1) is 22.6. The van der Waals surface area contributed by atoms with E-state index >= 15 is 0 Å². The molecule has 0 aliphatic carbocycles. The maximum absolute atomic E-state index is 14.4. The van der Waals surface area contributed by atoms with Gasteiger partial charge in [-0.1, -0.05) is 6.07 Å². The van der Waals surface area contributed by atoms with Crippen LogP contribution in [0.5, 0.6) is 0 Å². The zero-order valence-electron chi connectivity index (χ0n) is 18.9. The molecule has 0 radical (unpaired) electrons. The van der Waals surface area contributed by atoms with Gasteiger partial charge in [-0.25, -0.2) is 9.07 Å². The number of likely N-dealkylation sites (tertiary alicyclic amines) is 1. The molecule has 1 aromatic carbocycles. The highest BCUT2D eigenvalue weighted by Crippen LogP contribution is 2.25. The van der Waals surface area contributed by atoms with Crippen molar-refractivity contribution in [1.29, 1.82) is 5.26 Å². The van der Waals surface area contributed by atoms with Crippen LogP contribution in [0.15, 0.2) is 47.0 Å². The van der Waals surface area contributed by atoms with Crippen LogP contribution in [0.25, 0.3) is 11.1 Å². The monoisotopic (exact) mass is 450 g/mol. The molecule has 33 heavy (non-hydrogen) atoms. The fourth-order valence-electron chi connectivity index (χ4n) is 4.36. The number of aromatic nitrogens is 2. The number of benzene rings is 1. The number of nitrogens with zero attached hydrogens (tertiary/aromatic N) is 4. The van der Waals surface area contributed by atoms with E-state index in [9.17, 15) is 14.0 Å². The summed E-state index contributed by atoms with van der Waals surface area (Å²) in [7, 11) is 4.06. The number of H-pyrrole nitrogens is 1. The van der Waals surface area contributed by atoms with Crippen LogP contribution in [0, 0.1) is 24.1 Å². The Bertz CT molecular complexity index is 1230. The van der Waals surface area contributed by atoms with Crippen LogP contribution in [-0.4, -0.2) is 58.7 Å². The minimum Gasteiger partial charge on any atom is -0.366 e. The molecule has 172 valence electrons. The van der Waals surface area contributed by atoms with Crippen LogP contribution in [0.3, 0.4) is 0 Å². The molecule has 1 fully saturated rings. The molecule has 2 aliphatic rings. The van der Waals surface area contributed by atoms with E-state index in [4.69, 9.17) is 5.26 Å². The largest absolute Gasteiger partial charge is 0.366 e. The van der Waals surface area contributed by atoms with Gasteiger partial charge in [-0.15, -0.1) is 0 Å². The second kappa shape index (κ2) is 9.08. The molecular formula is C24H27FN6O2. The number of nitrogens with one attached hydrogen (secondary N) is 2. The zero-order valence-corrected chi connectivity index (χ0v) is 18.9. The van der Waals surface area contributed by atoms with Gasteiger partial charge < -0.3 is 15.1 Å². The number of dihydropyridines is 1. The number of likely N-dealkylation sites (N-methyl/N-ethyl adjacent to an activating group) is 1. The topological polar surface area (TPSA) is 97.2 Å². The highest BCUT2D eigenvalue weighted by atomic mass is 19.1. The molecule has 2 N–H and O–H groups in total. The molecule has 2 aliphatic heterocycles. The molecule has 2 atom stereocenters. The van der Waals surface area contributed by atoms with Crippen LogP contribution in [-0.2, 0) is 4.79 Å². The van der Waals surface area contributed by atoms with Crippen LogP contribution in [0.1, 0.15) is 30.1 Å². The van der Waals surface area contributed by atoms with Crippen molar-refractivity contribution in [1.82, 2.24) is 24.9 Å². The molecule has 3 heterocycles. The van der Waals surface area contributed by atoms with Crippen molar-refractivity contribution in [3.05, 3.63) is 69.6 Å². The SMILES string of the molecule is Cc1c(-c2c[nH]n(C3C=CC(C(=O)N4CCCC(N(C)C)C4)=CN3)c2=O)ccc(C#N)c1F. The van der Waals surface area contributed by atoms with Crippen LogP contribution >= 0.6 is 0 Å². The van der Waals surface area contributed by atoms with Gasteiger partial charge in [-0.3, -0.25) is 14.7 Å². The number of hydrogen-bond acceptors (Lipinski definition) is 5. The first-order valence-electron chi connectivity index (χ1n) is 10.9. The van der Waals surface area contributed by atoms with E-state index in [1.807, 2.05) is 19.0 Å². The number of aromatic amines is 1. The predicted molar refractivity (Wildman–Crippen MR) is 123 cm³/mol. The Morgan fingerprint density at radius 2 is 2.09 bits per heavy atom. The van der Waals surface area contributed by atoms with Gasteiger partial charge in [0.15, 0.2) is 0 Å². The van der Waals surface area contributed by atoms with Crippen molar-refractivity contribution in [2.24, 2.45) is 0 Å². The fourth-order valence-corrected chi connectivity index (χ4v) is 4.36. The van der Waals surface area contributed by atoms with E-state index in [0.717, 1.165) is 19.4 Å². The first-order chi connectivity index (χ1) is 15.8. The molecule has 1 saturated heterocycles. The number of rotatable bonds is 4. The van der Waals surface area contributed by atoms with E-state index in [1.54, 1.807) is 37.4 Å². The first-order valence-corrected chi connectivity index (χ1v) is 10.9. The van der Waals surface area contributed by atoms with Crippen molar-refractivity contribution in [2.45, 2.75) is 32.0 Å². The molecule has 0 saturated carbocycles. The number of amides is 1. The third-order valence-corrected chi connectivity index (χ3v) is 6.40. The lowest BCUT2D eigenvalue weighted by Gasteiger charge is -2.36. The molecule has 1 amide bonds. The summed E-state index contributed by atoms with van der Waals surface area (Å²) in [6.45, 7) is 2.97. The lowest BCUT2D eigenvalue weighted by Crippen LogP contribution is -2.48. The van der Waals surface area contributed by atoms with Crippen molar-refractivity contribution < 1.29 is 9.18 Å². The minimum absolute atomic E-state index is 0.0352. The highest BCUT2D eigenvalue weighted by molar-refractivity contribution is 5.96. The van der Waals surface area contributed by atoms with Crippen molar-refractivity contribution in [3.8, 4) is 17.2 Å². The molecule has 8 nitrogen and oxygen atoms in total. The maximum Gasteiger partial charge on any atom is 0.276 e. The normalized spacial score (nSPS) is 20.4. The molecule has 2 aromatic rings. The van der Waals surface area contributed by atoms with Crippen molar-refractivity contribution in [2.75, 3.05) is 27.2 Å². The third kappa shape index (κ3) is 4.22. The van der Waals surface area contributed by atoms with Crippen molar-refractivity contribution >= 4 is 5.91 Å². The summed E-state index contributed by atoms with van der Waals surface area (Å²) in [6, 6.07) is 5.10. The van der Waals surface area contributed by atoms with Crippen molar-refractivity contribution in [3.63, 3.8) is 0 Å². The number of carbonyl (C=O) groups excluding carboxylic acids is 1. The Labute approximate surface area is 191 Å². The molecule has 2 unspecified atom stereocenters. The summed E-state index contributed by atoms with van der Waals surface area (Å²) >= 11 is 0. The molecule has 1 aromatic heterocycles. The lowest BCUT2D eigenvalue weighted by atomic mass is 10.0. The van der Waals surface area contributed by atoms with Crippen LogP contribution < -0.4 is 10.9 Å². The van der Waals surface area contributed by atoms with Gasteiger partial charge in [0, 0.05) is 31.5 Å². The minimum atomic E-state index is -0.627. The summed E-state index contributed by atoms with van der Waals surface area (Å²) in [5, 5.41) is 15.0. The predicted octanol–water partition coefficient (Wildman–Crippen LogP) is 2.26. The van der Waals surface area contributed by atoms with Crippen LogP contribution in [0.4, 0.5) is 4.39 Å². The van der Waals surface area contributed by atoms with Gasteiger partial charge in [0.05, 0.1) is 16.7 Å². The highest BCUT2D eigenvalue weighted by Gasteiger charge is 2.27. The second-order valence-electron chi connectivity index (χ2n) is 8.65. The Balaban J connectivity index is 1.50. The average Bonchev–Trinajstić information content (AvgIpc) is 3.21. The second-order valence-corrected chi connectivity index (χ2v) is 8.65. The zero-order chi connectivity index (χ0) is 23.7. The van der Waals surface area contributed by atoms with E-state index in [2.05, 4.69) is 15.3 Å². The van der Waals surface area contributed by atoms with E-state index in [1.165, 1.54) is 16.9 Å². The quantitative estimate of drug-likeness (QED) is 0.745. The molecule has 4 rings (SSSR count). The number of nitriles is 1. The number of halogens is 1. The molecular weight excluding hydrogens is 423 g/mol. The van der Waals surface area contributed by atoms with Crippen LogP contribution in [0.2, 0.25) is 0 Å². The molecule has 9 heteroatoms. The van der Waals surface area contributed by atoms with E-state index in [0.29, 0.717) is 29.3 Å². The third-order valence-electron chi connectivity index (χ3n) is 6.40. The van der Waals surface area contributed by atoms with Gasteiger partial charge in [0.25, 0.3) is 11.5 Å². The Kier molecular flexibility index (Phi) is 6.20. The molecule has 0 bridgehead atoms. The summed E-state index contributed by atoms with van der Waals surface area (Å²) in [6.07, 6.45) is 8.15. The fraction of sp³-hybridized carbons (Fsp3) is 0.375. The smallest absolute Gasteiger partial charge is 0.276 e. The Morgan fingerprint density at radius 1 is 1.30 bits per heavy atom. The number of hydrogen-bond donors (Lipinski definition) is 2. The van der Waals surface area contributed by atoms with E-state index < -0.39 is 12.0 Å². The van der Waals surface area contributed by atoms with Gasteiger partial charge in [0.1, 0.15) is 18.1 Å². The summed E-state index contributed by atoms with van der Waals surface area (Å²) in [5.74, 6) is -0.662. The molecule has 0 spiro atoms. The van der Waals surface area contributed by atoms with Gasteiger partial charge in [-0.2, -0.15) is 5.26 Å². The maximum atomic E-state index is 14.4. The number of carbonyl (C=O) groups is 1. The van der Waals surface area contributed by atoms with Gasteiger partial charge >= 0.3 is 0 Å².